The Hall–Kier alpha value is -2.87. The minimum atomic E-state index is -0.330. The van der Waals surface area contributed by atoms with E-state index in [2.05, 4.69) is 33.1 Å². The monoisotopic (exact) mass is 486 g/mol. The Morgan fingerprint density at radius 2 is 1.79 bits per heavy atom. The van der Waals surface area contributed by atoms with Crippen molar-refractivity contribution in [2.45, 2.75) is 6.61 Å². The van der Waals surface area contributed by atoms with Crippen LogP contribution >= 0.6 is 22.6 Å². The summed E-state index contributed by atoms with van der Waals surface area (Å²) in [6.45, 7) is 0.388. The van der Waals surface area contributed by atoms with Crippen LogP contribution in [0.3, 0.4) is 0 Å². The summed E-state index contributed by atoms with van der Waals surface area (Å²) >= 11 is 2.19. The van der Waals surface area contributed by atoms with E-state index in [0.717, 1.165) is 20.4 Å². The molecule has 0 aromatic heterocycles. The van der Waals surface area contributed by atoms with Gasteiger partial charge in [-0.15, -0.1) is 0 Å². The Bertz CT molecular complexity index is 975. The summed E-state index contributed by atoms with van der Waals surface area (Å²) in [5.41, 5.74) is 4.87. The van der Waals surface area contributed by atoms with Crippen molar-refractivity contribution >= 4 is 34.7 Å². The predicted octanol–water partition coefficient (Wildman–Crippen LogP) is 4.64. The zero-order chi connectivity index (χ0) is 19.8. The lowest BCUT2D eigenvalue weighted by Crippen LogP contribution is -2.18. The molecule has 5 nitrogen and oxygen atoms in total. The van der Waals surface area contributed by atoms with Crippen molar-refractivity contribution in [1.82, 2.24) is 5.43 Å². The van der Waals surface area contributed by atoms with Crippen molar-refractivity contribution in [3.05, 3.63) is 93.1 Å². The highest BCUT2D eigenvalue weighted by Crippen LogP contribution is 2.21. The molecular formula is C22H19IN2O3. The molecule has 0 heterocycles. The number of methoxy groups -OCH3 is 1. The second-order valence-electron chi connectivity index (χ2n) is 5.86. The second-order valence-corrected chi connectivity index (χ2v) is 7.03. The highest BCUT2D eigenvalue weighted by molar-refractivity contribution is 14.1. The lowest BCUT2D eigenvalue weighted by Gasteiger charge is -2.10. The summed E-state index contributed by atoms with van der Waals surface area (Å²) in [4.78, 5) is 12.5. The summed E-state index contributed by atoms with van der Waals surface area (Å²) in [5.74, 6) is 0.979. The van der Waals surface area contributed by atoms with Crippen LogP contribution in [0.2, 0.25) is 0 Å². The predicted molar refractivity (Wildman–Crippen MR) is 118 cm³/mol. The quantitative estimate of drug-likeness (QED) is 0.301. The van der Waals surface area contributed by atoms with Crippen molar-refractivity contribution in [3.63, 3.8) is 0 Å². The van der Waals surface area contributed by atoms with Crippen LogP contribution in [0.4, 0.5) is 0 Å². The molecule has 1 amide bonds. The molecule has 0 atom stereocenters. The van der Waals surface area contributed by atoms with Crippen molar-refractivity contribution in [3.8, 4) is 11.5 Å². The maximum atomic E-state index is 12.5. The van der Waals surface area contributed by atoms with Crippen molar-refractivity contribution in [2.75, 3.05) is 7.11 Å². The Labute approximate surface area is 177 Å². The Kier molecular flexibility index (Phi) is 7.02. The molecule has 0 fully saturated rings. The van der Waals surface area contributed by atoms with Gasteiger partial charge in [0, 0.05) is 0 Å². The van der Waals surface area contributed by atoms with E-state index in [0.29, 0.717) is 17.9 Å². The average molecular weight is 486 g/mol. The zero-order valence-corrected chi connectivity index (χ0v) is 17.4. The molecule has 0 unspecified atom stereocenters. The van der Waals surface area contributed by atoms with Gasteiger partial charge in [0.1, 0.15) is 18.1 Å². The third-order valence-electron chi connectivity index (χ3n) is 3.92. The highest BCUT2D eigenvalue weighted by atomic mass is 127. The minimum Gasteiger partial charge on any atom is -0.496 e. The SMILES string of the molecule is COc1ccc(/C=N\NC(=O)c2ccccc2OCc2ccccc2)cc1I. The summed E-state index contributed by atoms with van der Waals surface area (Å²) in [6.07, 6.45) is 1.59. The number of hydrogen-bond acceptors (Lipinski definition) is 4. The number of amides is 1. The molecule has 0 saturated carbocycles. The van der Waals surface area contributed by atoms with Crippen LogP contribution in [0.15, 0.2) is 77.9 Å². The molecule has 0 aliphatic heterocycles. The maximum absolute atomic E-state index is 12.5. The number of nitrogens with zero attached hydrogens (tertiary/aromatic N) is 1. The van der Waals surface area contributed by atoms with E-state index in [9.17, 15) is 4.79 Å². The van der Waals surface area contributed by atoms with E-state index >= 15 is 0 Å². The fourth-order valence-corrected chi connectivity index (χ4v) is 3.26. The van der Waals surface area contributed by atoms with E-state index in [1.165, 1.54) is 0 Å². The summed E-state index contributed by atoms with van der Waals surface area (Å²) < 4.78 is 12.0. The van der Waals surface area contributed by atoms with Gasteiger partial charge in [0.15, 0.2) is 0 Å². The number of halogens is 1. The molecule has 28 heavy (non-hydrogen) atoms. The maximum Gasteiger partial charge on any atom is 0.275 e. The Balaban J connectivity index is 1.65. The number of hydrogen-bond donors (Lipinski definition) is 1. The van der Waals surface area contributed by atoms with Crippen LogP contribution in [0, 0.1) is 3.57 Å². The molecule has 142 valence electrons. The van der Waals surface area contributed by atoms with E-state index in [1.54, 1.807) is 31.5 Å². The third-order valence-corrected chi connectivity index (χ3v) is 4.77. The number of nitrogens with one attached hydrogen (secondary N) is 1. The van der Waals surface area contributed by atoms with Gasteiger partial charge in [-0.2, -0.15) is 5.10 Å². The lowest BCUT2D eigenvalue weighted by molar-refractivity contribution is 0.0950. The molecule has 6 heteroatoms. The topological polar surface area (TPSA) is 59.9 Å². The molecule has 0 radical (unpaired) electrons. The van der Waals surface area contributed by atoms with E-state index in [1.807, 2.05) is 54.6 Å². The van der Waals surface area contributed by atoms with Crippen LogP contribution in [-0.2, 0) is 6.61 Å². The van der Waals surface area contributed by atoms with Crippen LogP contribution in [0.1, 0.15) is 21.5 Å². The van der Waals surface area contributed by atoms with Gasteiger partial charge in [0.25, 0.3) is 5.91 Å². The normalized spacial score (nSPS) is 10.6. The van der Waals surface area contributed by atoms with Crippen LogP contribution in [-0.4, -0.2) is 19.2 Å². The fourth-order valence-electron chi connectivity index (χ4n) is 2.50. The molecule has 3 aromatic rings. The van der Waals surface area contributed by atoms with E-state index in [4.69, 9.17) is 9.47 Å². The number of ether oxygens (including phenoxy) is 2. The largest absolute Gasteiger partial charge is 0.496 e. The van der Waals surface area contributed by atoms with Gasteiger partial charge < -0.3 is 9.47 Å². The van der Waals surface area contributed by atoms with E-state index < -0.39 is 0 Å². The van der Waals surface area contributed by atoms with Gasteiger partial charge >= 0.3 is 0 Å². The first-order chi connectivity index (χ1) is 13.7. The molecule has 0 aliphatic carbocycles. The van der Waals surface area contributed by atoms with Crippen molar-refractivity contribution < 1.29 is 14.3 Å². The first kappa shape index (κ1) is 19.9. The number of carbonyl (C=O) groups is 1. The second kappa shape index (κ2) is 9.89. The highest BCUT2D eigenvalue weighted by Gasteiger charge is 2.11. The Morgan fingerprint density at radius 1 is 1.04 bits per heavy atom. The number of para-hydroxylation sites is 1. The fraction of sp³-hybridized carbons (Fsp3) is 0.0909. The molecule has 0 bridgehead atoms. The number of carbonyl (C=O) groups excluding carboxylic acids is 1. The van der Waals surface area contributed by atoms with Crippen LogP contribution in [0.5, 0.6) is 11.5 Å². The first-order valence-corrected chi connectivity index (χ1v) is 9.68. The summed E-state index contributed by atoms with van der Waals surface area (Å²) in [5, 5.41) is 4.05. The van der Waals surface area contributed by atoms with Gasteiger partial charge in [0.05, 0.1) is 22.5 Å². The van der Waals surface area contributed by atoms with Crippen molar-refractivity contribution in [1.29, 1.82) is 0 Å². The summed E-state index contributed by atoms with van der Waals surface area (Å²) in [6, 6.07) is 22.6. The van der Waals surface area contributed by atoms with Gasteiger partial charge in [-0.3, -0.25) is 4.79 Å². The Morgan fingerprint density at radius 3 is 2.54 bits per heavy atom. The van der Waals surface area contributed by atoms with Gasteiger partial charge in [0.2, 0.25) is 0 Å². The third kappa shape index (κ3) is 5.32. The average Bonchev–Trinajstić information content (AvgIpc) is 2.73. The lowest BCUT2D eigenvalue weighted by atomic mass is 10.2. The zero-order valence-electron chi connectivity index (χ0n) is 15.3. The summed E-state index contributed by atoms with van der Waals surface area (Å²) in [7, 11) is 1.63. The standard InChI is InChI=1S/C22H19IN2O3/c1-27-21-12-11-17(13-19(21)23)14-24-25-22(26)18-9-5-6-10-20(18)28-15-16-7-3-2-4-8-16/h2-14H,15H2,1H3,(H,25,26)/b24-14-. The molecule has 0 saturated heterocycles. The molecular weight excluding hydrogens is 467 g/mol. The number of hydrazone groups is 1. The van der Waals surface area contributed by atoms with Crippen LogP contribution in [0.25, 0.3) is 0 Å². The van der Waals surface area contributed by atoms with Gasteiger partial charge in [-0.05, 0) is 64.0 Å². The first-order valence-electron chi connectivity index (χ1n) is 8.60. The van der Waals surface area contributed by atoms with Gasteiger partial charge in [-0.25, -0.2) is 5.43 Å². The molecule has 1 N–H and O–H groups in total. The van der Waals surface area contributed by atoms with Crippen LogP contribution < -0.4 is 14.9 Å². The number of benzene rings is 3. The molecule has 3 aromatic carbocycles. The molecule has 0 spiro atoms. The smallest absolute Gasteiger partial charge is 0.275 e. The van der Waals surface area contributed by atoms with Gasteiger partial charge in [-0.1, -0.05) is 42.5 Å². The number of rotatable bonds is 7. The minimum absolute atomic E-state index is 0.330. The van der Waals surface area contributed by atoms with E-state index in [-0.39, 0.29) is 5.91 Å². The van der Waals surface area contributed by atoms with Crippen molar-refractivity contribution in [2.24, 2.45) is 5.10 Å². The molecule has 3 rings (SSSR count). The molecule has 0 aliphatic rings.